The Labute approximate surface area is 193 Å². The molecule has 1 heterocycles. The Bertz CT molecular complexity index is 1070. The van der Waals surface area contributed by atoms with Gasteiger partial charge in [-0.2, -0.15) is 22.0 Å². The van der Waals surface area contributed by atoms with Crippen molar-refractivity contribution in [3.8, 4) is 11.1 Å². The number of alkyl halides is 5. The third-order valence-electron chi connectivity index (χ3n) is 5.48. The van der Waals surface area contributed by atoms with Crippen LogP contribution in [0.2, 0.25) is 0 Å². The number of halogens is 5. The molecule has 0 bridgehead atoms. The van der Waals surface area contributed by atoms with Gasteiger partial charge in [0.15, 0.2) is 6.23 Å². The Morgan fingerprint density at radius 3 is 2.26 bits per heavy atom. The van der Waals surface area contributed by atoms with Gasteiger partial charge in [0, 0.05) is 16.8 Å². The smallest absolute Gasteiger partial charge is 0.370 e. The quantitative estimate of drug-likeness (QED) is 0.273. The lowest BCUT2D eigenvalue weighted by atomic mass is 9.93. The maximum Gasteiger partial charge on any atom is 0.454 e. The number of nitrogens with one attached hydrogen (secondary N) is 3. The van der Waals surface area contributed by atoms with Gasteiger partial charge in [0.2, 0.25) is 5.72 Å². The maximum absolute atomic E-state index is 13.2. The number of aliphatic hydroxyl groups is 3. The average molecular weight is 509 g/mol. The van der Waals surface area contributed by atoms with Crippen molar-refractivity contribution in [1.29, 1.82) is 0 Å². The van der Waals surface area contributed by atoms with Crippen molar-refractivity contribution in [1.82, 2.24) is 10.6 Å². The van der Waals surface area contributed by atoms with Crippen LogP contribution in [0, 0.1) is 0 Å². The third kappa shape index (κ3) is 4.70. The van der Waals surface area contributed by atoms with Crippen LogP contribution >= 0.6 is 10.0 Å². The normalized spacial score (nSPS) is 22.0. The van der Waals surface area contributed by atoms with Gasteiger partial charge < -0.3 is 26.0 Å². The molecule has 0 saturated carbocycles. The number of para-hydroxylation sites is 1. The van der Waals surface area contributed by atoms with Crippen molar-refractivity contribution in [3.05, 3.63) is 54.1 Å². The number of carbonyl (C=O) groups is 1. The van der Waals surface area contributed by atoms with Gasteiger partial charge in [0.1, 0.15) is 5.56 Å². The standard InChI is InChI=1S/C21H24F5N3O4S/c1-34(2,17(31)27-11-19(22,23)21(24,25)26)18(32)29-20(33)14-9-5-3-7-12(14)13-8-4-6-10-15(13)28-16(20)30/h3-10,16-17,27-28,30-31,33H,11H2,1-2H3,(H,29,32)/t16-,17-,20-/m1/s1. The zero-order chi connectivity index (χ0) is 25.5. The summed E-state index contributed by atoms with van der Waals surface area (Å²) in [4.78, 5) is 13.1. The lowest BCUT2D eigenvalue weighted by Gasteiger charge is -2.40. The lowest BCUT2D eigenvalue weighted by Crippen LogP contribution is -2.58. The Hall–Kier alpha value is -2.45. The summed E-state index contributed by atoms with van der Waals surface area (Å²) in [6.07, 6.45) is -5.31. The second kappa shape index (κ2) is 8.96. The van der Waals surface area contributed by atoms with E-state index in [0.29, 0.717) is 16.8 Å². The summed E-state index contributed by atoms with van der Waals surface area (Å²) in [5, 5.41) is 38.0. The number of aliphatic hydroxyl groups excluding tert-OH is 2. The molecule has 6 N–H and O–H groups in total. The number of fused-ring (bicyclic) bond motifs is 3. The van der Waals surface area contributed by atoms with Crippen molar-refractivity contribution in [3.63, 3.8) is 0 Å². The molecular formula is C21H24F5N3O4S. The van der Waals surface area contributed by atoms with Gasteiger partial charge in [-0.15, -0.1) is 10.0 Å². The van der Waals surface area contributed by atoms with E-state index in [0.717, 1.165) is 12.5 Å². The van der Waals surface area contributed by atoms with Crippen LogP contribution in [0.1, 0.15) is 5.56 Å². The molecule has 0 radical (unpaired) electrons. The maximum atomic E-state index is 13.2. The molecule has 34 heavy (non-hydrogen) atoms. The molecule has 188 valence electrons. The molecule has 2 aromatic rings. The van der Waals surface area contributed by atoms with Gasteiger partial charge in [0.05, 0.1) is 6.54 Å². The highest BCUT2D eigenvalue weighted by Crippen LogP contribution is 2.47. The third-order valence-corrected chi connectivity index (χ3v) is 7.83. The zero-order valence-electron chi connectivity index (χ0n) is 18.0. The SMILES string of the molecule is CS(C)(C(=O)N[C@@]1(O)c2ccccc2-c2ccccc2N[C@@H]1O)[C@@H](O)NCC(F)(F)C(F)(F)F. The molecule has 0 aliphatic carbocycles. The predicted molar refractivity (Wildman–Crippen MR) is 118 cm³/mol. The van der Waals surface area contributed by atoms with Gasteiger partial charge >= 0.3 is 12.1 Å². The van der Waals surface area contributed by atoms with E-state index in [1.165, 1.54) is 6.07 Å². The molecule has 0 unspecified atom stereocenters. The van der Waals surface area contributed by atoms with E-state index in [1.807, 2.05) is 0 Å². The van der Waals surface area contributed by atoms with E-state index in [4.69, 9.17) is 0 Å². The first-order chi connectivity index (χ1) is 15.6. The summed E-state index contributed by atoms with van der Waals surface area (Å²) >= 11 is 0. The number of anilines is 1. The monoisotopic (exact) mass is 509 g/mol. The molecule has 13 heteroatoms. The summed E-state index contributed by atoms with van der Waals surface area (Å²) in [5.74, 6) is -5.13. The average Bonchev–Trinajstić information content (AvgIpc) is 2.85. The van der Waals surface area contributed by atoms with Gasteiger partial charge in [0.25, 0.3) is 5.24 Å². The number of benzene rings is 2. The van der Waals surface area contributed by atoms with Crippen molar-refractivity contribution in [2.45, 2.75) is 29.6 Å². The van der Waals surface area contributed by atoms with E-state index in [9.17, 15) is 42.1 Å². The van der Waals surface area contributed by atoms with E-state index >= 15 is 0 Å². The van der Waals surface area contributed by atoms with Gasteiger partial charge in [-0.25, -0.2) is 0 Å². The van der Waals surface area contributed by atoms with E-state index in [-0.39, 0.29) is 5.56 Å². The van der Waals surface area contributed by atoms with Crippen molar-refractivity contribution >= 4 is 21.0 Å². The second-order valence-electron chi connectivity index (χ2n) is 8.16. The van der Waals surface area contributed by atoms with Crippen LogP contribution < -0.4 is 16.0 Å². The minimum atomic E-state index is -5.84. The largest absolute Gasteiger partial charge is 0.454 e. The fraction of sp³-hybridized carbons (Fsp3) is 0.381. The highest BCUT2D eigenvalue weighted by Gasteiger charge is 2.57. The molecule has 7 nitrogen and oxygen atoms in total. The molecular weight excluding hydrogens is 485 g/mol. The van der Waals surface area contributed by atoms with Gasteiger partial charge in [-0.05, 0) is 24.1 Å². The van der Waals surface area contributed by atoms with Crippen LogP contribution in [-0.4, -0.2) is 63.5 Å². The molecule has 0 aromatic heterocycles. The molecule has 0 saturated heterocycles. The highest BCUT2D eigenvalue weighted by molar-refractivity contribution is 8.44. The fourth-order valence-corrected chi connectivity index (χ4v) is 4.46. The molecule has 1 aliphatic rings. The molecule has 2 aromatic carbocycles. The number of hydrogen-bond acceptors (Lipinski definition) is 6. The zero-order valence-corrected chi connectivity index (χ0v) is 18.8. The first kappa shape index (κ1) is 26.2. The van der Waals surface area contributed by atoms with E-state index in [1.54, 1.807) is 47.8 Å². The Kier molecular flexibility index (Phi) is 6.90. The van der Waals surface area contributed by atoms with Crippen LogP contribution in [0.15, 0.2) is 48.5 Å². The number of rotatable bonds is 5. The van der Waals surface area contributed by atoms with Gasteiger partial charge in [-0.1, -0.05) is 42.5 Å². The second-order valence-corrected chi connectivity index (χ2v) is 11.8. The summed E-state index contributed by atoms with van der Waals surface area (Å²) in [5.41, 5.74) is -2.86. The van der Waals surface area contributed by atoms with Gasteiger partial charge in [-0.3, -0.25) is 10.1 Å². The van der Waals surface area contributed by atoms with Crippen LogP contribution in [-0.2, 0) is 5.72 Å². The number of hydrogen-bond donors (Lipinski definition) is 6. The van der Waals surface area contributed by atoms with Crippen LogP contribution in [0.4, 0.5) is 32.4 Å². The number of carbonyl (C=O) groups excluding carboxylic acids is 1. The van der Waals surface area contributed by atoms with Crippen LogP contribution in [0.25, 0.3) is 11.1 Å². The van der Waals surface area contributed by atoms with E-state index in [2.05, 4.69) is 10.6 Å². The summed E-state index contributed by atoms with van der Waals surface area (Å²) in [6.45, 7) is -1.95. The first-order valence-electron chi connectivity index (χ1n) is 9.87. The summed E-state index contributed by atoms with van der Waals surface area (Å²) < 4.78 is 63.7. The Morgan fingerprint density at radius 2 is 1.65 bits per heavy atom. The van der Waals surface area contributed by atoms with Crippen molar-refractivity contribution in [2.24, 2.45) is 0 Å². The first-order valence-corrected chi connectivity index (χ1v) is 12.4. The number of amides is 1. The minimum absolute atomic E-state index is 0.106. The fourth-order valence-electron chi connectivity index (χ4n) is 3.34. The lowest BCUT2D eigenvalue weighted by molar-refractivity contribution is -0.279. The Balaban J connectivity index is 1.88. The summed E-state index contributed by atoms with van der Waals surface area (Å²) in [7, 11) is -3.05. The topological polar surface area (TPSA) is 114 Å². The molecule has 3 rings (SSSR count). The minimum Gasteiger partial charge on any atom is -0.370 e. The van der Waals surface area contributed by atoms with Crippen molar-refractivity contribution < 1.29 is 42.1 Å². The molecule has 0 spiro atoms. The van der Waals surface area contributed by atoms with E-state index < -0.39 is 51.4 Å². The molecule has 1 amide bonds. The molecule has 0 fully saturated rings. The summed E-state index contributed by atoms with van der Waals surface area (Å²) in [6, 6.07) is 13.2. The van der Waals surface area contributed by atoms with Crippen LogP contribution in [0.3, 0.4) is 0 Å². The van der Waals surface area contributed by atoms with Crippen molar-refractivity contribution in [2.75, 3.05) is 24.4 Å². The highest BCUT2D eigenvalue weighted by atomic mass is 32.3. The van der Waals surface area contributed by atoms with Crippen LogP contribution in [0.5, 0.6) is 0 Å². The molecule has 1 aliphatic heterocycles. The Morgan fingerprint density at radius 1 is 1.09 bits per heavy atom. The molecule has 3 atom stereocenters. The predicted octanol–water partition coefficient (Wildman–Crippen LogP) is 3.08.